The number of fused-ring (bicyclic) bond motifs is 5. The number of hydrogen-bond acceptors (Lipinski definition) is 4. The molecule has 0 radical (unpaired) electrons. The van der Waals surface area contributed by atoms with Crippen LogP contribution < -0.4 is 15.4 Å². The average molecular weight is 445 g/mol. The fourth-order valence-corrected chi connectivity index (χ4v) is 5.74. The Morgan fingerprint density at radius 2 is 1.69 bits per heavy atom. The van der Waals surface area contributed by atoms with Crippen LogP contribution in [0.4, 0.5) is 20.2 Å². The van der Waals surface area contributed by atoms with Crippen molar-refractivity contribution in [3.05, 3.63) is 33.6 Å². The highest BCUT2D eigenvalue weighted by atomic mass is 19.1. The van der Waals surface area contributed by atoms with Crippen molar-refractivity contribution in [3.63, 3.8) is 0 Å². The zero-order valence-corrected chi connectivity index (χ0v) is 19.1. The molecule has 1 aliphatic carbocycles. The minimum absolute atomic E-state index is 0.0629. The van der Waals surface area contributed by atoms with Crippen LogP contribution in [0.5, 0.6) is 0 Å². The summed E-state index contributed by atoms with van der Waals surface area (Å²) < 4.78 is 31.3. The predicted octanol–water partition coefficient (Wildman–Crippen LogP) is 3.31. The number of amides is 1. The van der Waals surface area contributed by atoms with Crippen LogP contribution in [0.1, 0.15) is 44.6 Å². The quantitative estimate of drug-likeness (QED) is 0.677. The van der Waals surface area contributed by atoms with Crippen molar-refractivity contribution in [1.29, 1.82) is 0 Å². The van der Waals surface area contributed by atoms with E-state index in [0.29, 0.717) is 24.2 Å². The average Bonchev–Trinajstić information content (AvgIpc) is 2.77. The van der Waals surface area contributed by atoms with Crippen molar-refractivity contribution >= 4 is 28.2 Å². The van der Waals surface area contributed by atoms with E-state index < -0.39 is 23.2 Å². The first-order valence-electron chi connectivity index (χ1n) is 11.5. The summed E-state index contributed by atoms with van der Waals surface area (Å²) in [6.45, 7) is 4.46. The van der Waals surface area contributed by atoms with Crippen LogP contribution in [0.3, 0.4) is 0 Å². The van der Waals surface area contributed by atoms with Gasteiger partial charge in [0.05, 0.1) is 11.2 Å². The van der Waals surface area contributed by atoms with Gasteiger partial charge in [-0.3, -0.25) is 14.5 Å². The predicted molar refractivity (Wildman–Crippen MR) is 121 cm³/mol. The summed E-state index contributed by atoms with van der Waals surface area (Å²) in [4.78, 5) is 33.2. The van der Waals surface area contributed by atoms with E-state index in [1.165, 1.54) is 24.6 Å². The highest BCUT2D eigenvalue weighted by molar-refractivity contribution is 6.12. The molecular formula is C24H30F2N4O2. The van der Waals surface area contributed by atoms with E-state index in [1.807, 2.05) is 11.9 Å². The van der Waals surface area contributed by atoms with E-state index in [-0.39, 0.29) is 34.8 Å². The molecule has 1 amide bonds. The molecule has 0 N–H and O–H groups in total. The maximum absolute atomic E-state index is 15.3. The lowest BCUT2D eigenvalue weighted by Crippen LogP contribution is -2.66. The number of carbonyl (C=O) groups excluding carboxylic acids is 1. The molecule has 5 rings (SSSR count). The van der Waals surface area contributed by atoms with Crippen LogP contribution in [0, 0.1) is 18.6 Å². The van der Waals surface area contributed by atoms with Crippen LogP contribution in [0.15, 0.2) is 10.9 Å². The number of anilines is 2. The summed E-state index contributed by atoms with van der Waals surface area (Å²) >= 11 is 0. The van der Waals surface area contributed by atoms with E-state index in [2.05, 4.69) is 11.8 Å². The first kappa shape index (κ1) is 21.4. The molecule has 3 heterocycles. The Labute approximate surface area is 186 Å². The summed E-state index contributed by atoms with van der Waals surface area (Å²) in [5.74, 6) is -1.44. The van der Waals surface area contributed by atoms with Gasteiger partial charge in [0.15, 0.2) is 5.82 Å². The molecule has 1 saturated heterocycles. The van der Waals surface area contributed by atoms with Gasteiger partial charge in [0, 0.05) is 43.2 Å². The second-order valence-corrected chi connectivity index (χ2v) is 9.71. The molecule has 1 saturated carbocycles. The van der Waals surface area contributed by atoms with Gasteiger partial charge >= 0.3 is 0 Å². The van der Waals surface area contributed by atoms with Gasteiger partial charge < -0.3 is 14.4 Å². The lowest BCUT2D eigenvalue weighted by molar-refractivity contribution is -0.122. The van der Waals surface area contributed by atoms with Crippen LogP contribution in [0.25, 0.3) is 10.9 Å². The molecule has 172 valence electrons. The molecule has 2 atom stereocenters. The highest BCUT2D eigenvalue weighted by Crippen LogP contribution is 2.44. The van der Waals surface area contributed by atoms with Gasteiger partial charge in [0.2, 0.25) is 0 Å². The molecular weight excluding hydrogens is 414 g/mol. The SMILES string of the molecule is Cc1c(F)cc2c3c(c(=O)n(C)c2c1F)N(C1CCCCC1)C(=O)C1CN(C)C(C)CN31. The van der Waals surface area contributed by atoms with E-state index in [1.54, 1.807) is 4.90 Å². The van der Waals surface area contributed by atoms with Crippen LogP contribution in [-0.4, -0.2) is 53.6 Å². The number of pyridine rings is 1. The molecule has 3 aliphatic rings. The number of piperazine rings is 1. The molecule has 2 aliphatic heterocycles. The van der Waals surface area contributed by atoms with Crippen molar-refractivity contribution in [2.45, 2.75) is 64.1 Å². The van der Waals surface area contributed by atoms with Crippen LogP contribution in [-0.2, 0) is 11.8 Å². The molecule has 8 heteroatoms. The monoisotopic (exact) mass is 444 g/mol. The van der Waals surface area contributed by atoms with E-state index in [4.69, 9.17) is 0 Å². The molecule has 1 aromatic carbocycles. The Morgan fingerprint density at radius 1 is 1.00 bits per heavy atom. The van der Waals surface area contributed by atoms with E-state index >= 15 is 4.39 Å². The van der Waals surface area contributed by atoms with Crippen LogP contribution >= 0.6 is 0 Å². The number of aryl methyl sites for hydroxylation is 1. The Kier molecular flexibility index (Phi) is 5.04. The van der Waals surface area contributed by atoms with Crippen molar-refractivity contribution in [1.82, 2.24) is 9.47 Å². The second kappa shape index (κ2) is 7.54. The third-order valence-corrected chi connectivity index (χ3v) is 7.78. The lowest BCUT2D eigenvalue weighted by atomic mass is 9.90. The number of benzene rings is 1. The zero-order chi connectivity index (χ0) is 22.9. The maximum Gasteiger partial charge on any atom is 0.277 e. The number of rotatable bonds is 1. The van der Waals surface area contributed by atoms with Crippen molar-refractivity contribution < 1.29 is 13.6 Å². The Bertz CT molecular complexity index is 1170. The van der Waals surface area contributed by atoms with Gasteiger partial charge in [-0.05, 0) is 39.8 Å². The van der Waals surface area contributed by atoms with E-state index in [0.717, 1.165) is 32.1 Å². The second-order valence-electron chi connectivity index (χ2n) is 9.71. The van der Waals surface area contributed by atoms with Gasteiger partial charge in [-0.2, -0.15) is 0 Å². The largest absolute Gasteiger partial charge is 0.354 e. The smallest absolute Gasteiger partial charge is 0.277 e. The standard InChI is InChI=1S/C24H30F2N4O2/c1-13-11-29-18(12-27(13)3)23(31)30(15-8-6-5-7-9-15)22-21(29)16-10-17(25)14(2)19(26)20(16)28(4)24(22)32/h10,13,15,18H,5-9,11-12H2,1-4H3. The van der Waals surface area contributed by atoms with Crippen molar-refractivity contribution in [2.24, 2.45) is 7.05 Å². The van der Waals surface area contributed by atoms with Crippen molar-refractivity contribution in [2.75, 3.05) is 29.9 Å². The molecule has 0 spiro atoms. The number of aromatic nitrogens is 1. The summed E-state index contributed by atoms with van der Waals surface area (Å²) in [6, 6.07) is 0.925. The summed E-state index contributed by atoms with van der Waals surface area (Å²) in [7, 11) is 3.49. The van der Waals surface area contributed by atoms with Gasteiger partial charge in [-0.1, -0.05) is 19.3 Å². The van der Waals surface area contributed by atoms with Gasteiger partial charge in [0.25, 0.3) is 11.5 Å². The summed E-state index contributed by atoms with van der Waals surface area (Å²) in [6.07, 6.45) is 4.80. The zero-order valence-electron chi connectivity index (χ0n) is 19.1. The normalized spacial score (nSPS) is 24.8. The molecule has 2 unspecified atom stereocenters. The number of carbonyl (C=O) groups is 1. The third kappa shape index (κ3) is 2.91. The highest BCUT2D eigenvalue weighted by Gasteiger charge is 2.47. The van der Waals surface area contributed by atoms with Crippen molar-refractivity contribution in [3.8, 4) is 0 Å². The first-order valence-corrected chi connectivity index (χ1v) is 11.5. The molecule has 1 aromatic heterocycles. The first-order chi connectivity index (χ1) is 15.2. The lowest BCUT2D eigenvalue weighted by Gasteiger charge is -2.51. The van der Waals surface area contributed by atoms with Gasteiger partial charge in [-0.15, -0.1) is 0 Å². The summed E-state index contributed by atoms with van der Waals surface area (Å²) in [5, 5.41) is 0.359. The fourth-order valence-electron chi connectivity index (χ4n) is 5.74. The topological polar surface area (TPSA) is 48.8 Å². The number of nitrogens with zero attached hydrogens (tertiary/aromatic N) is 4. The van der Waals surface area contributed by atoms with Gasteiger partial charge in [-0.25, -0.2) is 8.78 Å². The van der Waals surface area contributed by atoms with Gasteiger partial charge in [0.1, 0.15) is 17.5 Å². The Balaban J connectivity index is 1.86. The molecule has 2 fully saturated rings. The number of likely N-dealkylation sites (N-methyl/N-ethyl adjacent to an activating group) is 1. The van der Waals surface area contributed by atoms with Crippen LogP contribution in [0.2, 0.25) is 0 Å². The number of halogens is 2. The fraction of sp³-hybridized carbons (Fsp3) is 0.583. The minimum Gasteiger partial charge on any atom is -0.354 e. The molecule has 6 nitrogen and oxygen atoms in total. The summed E-state index contributed by atoms with van der Waals surface area (Å²) in [5.41, 5.74) is 0.382. The molecule has 0 bridgehead atoms. The molecule has 32 heavy (non-hydrogen) atoms. The Morgan fingerprint density at radius 3 is 2.38 bits per heavy atom. The van der Waals surface area contributed by atoms with E-state index in [9.17, 15) is 14.0 Å². The minimum atomic E-state index is -0.720. The number of hydrogen-bond donors (Lipinski definition) is 0. The molecule has 2 aromatic rings. The maximum atomic E-state index is 15.3. The Hall–Kier alpha value is -2.48. The third-order valence-electron chi connectivity index (χ3n) is 7.78.